The average Bonchev–Trinajstić information content (AvgIpc) is 3.45. The highest BCUT2D eigenvalue weighted by atomic mass is 15.4. The monoisotopic (exact) mass is 415 g/mol. The van der Waals surface area contributed by atoms with Crippen molar-refractivity contribution in [3.05, 3.63) is 103 Å². The van der Waals surface area contributed by atoms with Crippen molar-refractivity contribution in [3.8, 4) is 22.9 Å². The Morgan fingerprint density at radius 1 is 0.688 bits per heavy atom. The fraction of sp³-hybridized carbons (Fsp3) is 0.0741. The zero-order chi connectivity index (χ0) is 21.5. The van der Waals surface area contributed by atoms with Crippen molar-refractivity contribution in [2.24, 2.45) is 0 Å². The fourth-order valence-corrected chi connectivity index (χ4v) is 4.43. The van der Waals surface area contributed by atoms with E-state index in [1.54, 1.807) is 6.20 Å². The summed E-state index contributed by atoms with van der Waals surface area (Å²) in [4.78, 5) is 9.49. The highest BCUT2D eigenvalue weighted by Crippen LogP contribution is 2.33. The van der Waals surface area contributed by atoms with Gasteiger partial charge in [0.2, 0.25) is 0 Å². The molecule has 0 bridgehead atoms. The molecule has 6 aromatic rings. The van der Waals surface area contributed by atoms with Gasteiger partial charge < -0.3 is 4.57 Å². The molecule has 0 saturated carbocycles. The molecule has 3 aromatic carbocycles. The molecule has 3 aromatic heterocycles. The first-order chi connectivity index (χ1) is 15.8. The van der Waals surface area contributed by atoms with Gasteiger partial charge in [0.1, 0.15) is 11.9 Å². The van der Waals surface area contributed by atoms with Crippen LogP contribution in [-0.4, -0.2) is 24.3 Å². The van der Waals surface area contributed by atoms with Gasteiger partial charge in [-0.1, -0.05) is 72.8 Å². The number of nitrogens with zero attached hydrogens (tertiary/aromatic N) is 5. The Kier molecular flexibility index (Phi) is 4.32. The van der Waals surface area contributed by atoms with Crippen LogP contribution in [0.4, 0.5) is 0 Å². The van der Waals surface area contributed by atoms with E-state index in [0.717, 1.165) is 17.1 Å². The van der Waals surface area contributed by atoms with Crippen LogP contribution >= 0.6 is 0 Å². The van der Waals surface area contributed by atoms with Crippen LogP contribution < -0.4 is 0 Å². The molecular weight excluding hydrogens is 394 g/mol. The minimum Gasteiger partial charge on any atom is -0.318 e. The van der Waals surface area contributed by atoms with Gasteiger partial charge in [0.05, 0.1) is 11.0 Å². The molecule has 1 atom stereocenters. The normalized spacial score (nSPS) is 12.4. The van der Waals surface area contributed by atoms with Crippen molar-refractivity contribution in [3.63, 3.8) is 0 Å². The van der Waals surface area contributed by atoms with Crippen LogP contribution in [0, 0.1) is 0 Å². The Labute approximate surface area is 185 Å². The predicted molar refractivity (Wildman–Crippen MR) is 128 cm³/mol. The van der Waals surface area contributed by atoms with Gasteiger partial charge in [0.15, 0.2) is 11.6 Å². The van der Waals surface area contributed by atoms with Gasteiger partial charge in [0.25, 0.3) is 0 Å². The van der Waals surface area contributed by atoms with Crippen molar-refractivity contribution in [2.75, 3.05) is 0 Å². The Bertz CT molecular complexity index is 1480. The summed E-state index contributed by atoms with van der Waals surface area (Å²) >= 11 is 0. The van der Waals surface area contributed by atoms with Gasteiger partial charge in [-0.3, -0.25) is 4.98 Å². The lowest BCUT2D eigenvalue weighted by molar-refractivity contribution is 0.452. The van der Waals surface area contributed by atoms with Crippen molar-refractivity contribution < 1.29 is 0 Å². The van der Waals surface area contributed by atoms with E-state index >= 15 is 0 Å². The van der Waals surface area contributed by atoms with Crippen molar-refractivity contribution >= 4 is 21.8 Å². The first-order valence-corrected chi connectivity index (χ1v) is 10.7. The number of pyridine rings is 1. The van der Waals surface area contributed by atoms with Gasteiger partial charge in [0, 0.05) is 22.5 Å². The molecule has 6 rings (SSSR count). The van der Waals surface area contributed by atoms with Gasteiger partial charge in [-0.15, -0.1) is 5.10 Å². The maximum atomic E-state index is 4.97. The summed E-state index contributed by atoms with van der Waals surface area (Å²) in [6, 6.07) is 33.0. The second-order valence-corrected chi connectivity index (χ2v) is 7.82. The zero-order valence-corrected chi connectivity index (χ0v) is 17.6. The number of rotatable bonds is 4. The molecule has 0 aliphatic carbocycles. The lowest BCUT2D eigenvalue weighted by Crippen LogP contribution is -2.17. The maximum absolute atomic E-state index is 4.97. The SMILES string of the molecule is CC(n1nc(-c2ccccc2)nc1-c1ccccn1)n1c2ccccc2c2ccccc21. The number of benzene rings is 3. The van der Waals surface area contributed by atoms with Crippen LogP contribution in [-0.2, 0) is 0 Å². The second-order valence-electron chi connectivity index (χ2n) is 7.82. The molecule has 3 heterocycles. The molecular formula is C27H21N5. The topological polar surface area (TPSA) is 48.5 Å². The van der Waals surface area contributed by atoms with E-state index in [1.807, 2.05) is 53.2 Å². The molecule has 0 fully saturated rings. The lowest BCUT2D eigenvalue weighted by Gasteiger charge is -2.19. The minimum absolute atomic E-state index is 0.109. The van der Waals surface area contributed by atoms with Crippen LogP contribution in [0.5, 0.6) is 0 Å². The summed E-state index contributed by atoms with van der Waals surface area (Å²) in [6.07, 6.45) is 1.68. The highest BCUT2D eigenvalue weighted by molar-refractivity contribution is 6.08. The van der Waals surface area contributed by atoms with E-state index < -0.39 is 0 Å². The molecule has 32 heavy (non-hydrogen) atoms. The predicted octanol–water partition coefficient (Wildman–Crippen LogP) is 6.18. The molecule has 5 heteroatoms. The Hall–Kier alpha value is -4.25. The van der Waals surface area contributed by atoms with E-state index in [0.29, 0.717) is 5.82 Å². The van der Waals surface area contributed by atoms with E-state index in [1.165, 1.54) is 21.8 Å². The molecule has 0 radical (unpaired) electrons. The van der Waals surface area contributed by atoms with Crippen LogP contribution in [0.1, 0.15) is 13.1 Å². The summed E-state index contributed by atoms with van der Waals surface area (Å²) in [5.74, 6) is 1.44. The minimum atomic E-state index is -0.109. The van der Waals surface area contributed by atoms with Crippen LogP contribution in [0.25, 0.3) is 44.7 Å². The van der Waals surface area contributed by atoms with Crippen molar-refractivity contribution in [1.82, 2.24) is 24.3 Å². The molecule has 5 nitrogen and oxygen atoms in total. The molecule has 154 valence electrons. The largest absolute Gasteiger partial charge is 0.318 e. The van der Waals surface area contributed by atoms with E-state index in [4.69, 9.17) is 10.1 Å². The van der Waals surface area contributed by atoms with Gasteiger partial charge >= 0.3 is 0 Å². The average molecular weight is 416 g/mol. The summed E-state index contributed by atoms with van der Waals surface area (Å²) in [5.41, 5.74) is 4.13. The third-order valence-electron chi connectivity index (χ3n) is 5.90. The molecule has 0 spiro atoms. The molecule has 0 saturated heterocycles. The van der Waals surface area contributed by atoms with Crippen molar-refractivity contribution in [1.29, 1.82) is 0 Å². The number of aromatic nitrogens is 5. The molecule has 1 unspecified atom stereocenters. The fourth-order valence-electron chi connectivity index (χ4n) is 4.43. The summed E-state index contributed by atoms with van der Waals surface area (Å²) in [6.45, 7) is 2.16. The Morgan fingerprint density at radius 3 is 1.97 bits per heavy atom. The van der Waals surface area contributed by atoms with Crippen LogP contribution in [0.2, 0.25) is 0 Å². The van der Waals surface area contributed by atoms with E-state index in [9.17, 15) is 0 Å². The highest BCUT2D eigenvalue weighted by Gasteiger charge is 2.22. The van der Waals surface area contributed by atoms with Gasteiger partial charge in [-0.2, -0.15) is 0 Å². The summed E-state index contributed by atoms with van der Waals surface area (Å²) in [5, 5.41) is 7.44. The standard InChI is InChI=1S/C27H21N5/c1-19(31-24-16-7-5-13-21(24)22-14-6-8-17-25(22)31)32-27(23-15-9-10-18-28-23)29-26(30-32)20-11-3-2-4-12-20/h2-19H,1H3. The smallest absolute Gasteiger partial charge is 0.181 e. The molecule has 0 amide bonds. The number of hydrogen-bond acceptors (Lipinski definition) is 3. The van der Waals surface area contributed by atoms with Crippen molar-refractivity contribution in [2.45, 2.75) is 13.1 Å². The molecule has 0 aliphatic rings. The lowest BCUT2D eigenvalue weighted by atomic mass is 10.2. The zero-order valence-electron chi connectivity index (χ0n) is 17.6. The summed E-state index contributed by atoms with van der Waals surface area (Å²) in [7, 11) is 0. The van der Waals surface area contributed by atoms with E-state index in [2.05, 4.69) is 65.0 Å². The third kappa shape index (κ3) is 2.90. The first kappa shape index (κ1) is 18.5. The Balaban J connectivity index is 1.61. The third-order valence-corrected chi connectivity index (χ3v) is 5.90. The van der Waals surface area contributed by atoms with E-state index in [-0.39, 0.29) is 6.17 Å². The Morgan fingerprint density at radius 2 is 1.31 bits per heavy atom. The maximum Gasteiger partial charge on any atom is 0.181 e. The number of para-hydroxylation sites is 2. The number of fused-ring (bicyclic) bond motifs is 3. The quantitative estimate of drug-likeness (QED) is 0.345. The molecule has 0 aliphatic heterocycles. The van der Waals surface area contributed by atoms with Gasteiger partial charge in [-0.05, 0) is 31.2 Å². The first-order valence-electron chi connectivity index (χ1n) is 10.7. The summed E-state index contributed by atoms with van der Waals surface area (Å²) < 4.78 is 4.32. The number of hydrogen-bond donors (Lipinski definition) is 0. The second kappa shape index (κ2) is 7.46. The van der Waals surface area contributed by atoms with Crippen LogP contribution in [0.15, 0.2) is 103 Å². The molecule has 0 N–H and O–H groups in total. The van der Waals surface area contributed by atoms with Gasteiger partial charge in [-0.25, -0.2) is 9.67 Å². The van der Waals surface area contributed by atoms with Crippen LogP contribution in [0.3, 0.4) is 0 Å².